The number of Topliss-reactive ketones (excluding diaryl/α,β-unsaturated/α-hetero) is 1. The van der Waals surface area contributed by atoms with Crippen LogP contribution >= 0.6 is 11.5 Å². The van der Waals surface area contributed by atoms with E-state index in [0.29, 0.717) is 22.7 Å². The Morgan fingerprint density at radius 1 is 1.27 bits per heavy atom. The Morgan fingerprint density at radius 2 is 2.06 bits per heavy atom. The molecule has 7 nitrogen and oxygen atoms in total. The van der Waals surface area contributed by atoms with Gasteiger partial charge in [-0.1, -0.05) is 6.07 Å². The van der Waals surface area contributed by atoms with Gasteiger partial charge in [0.25, 0.3) is 5.91 Å². The van der Waals surface area contributed by atoms with Gasteiger partial charge in [-0.2, -0.15) is 4.37 Å². The van der Waals surface area contributed by atoms with Crippen LogP contribution < -0.4 is 4.74 Å². The first-order valence-electron chi connectivity index (χ1n) is 10.7. The van der Waals surface area contributed by atoms with E-state index in [4.69, 9.17) is 9.84 Å². The van der Waals surface area contributed by atoms with Crippen molar-refractivity contribution in [1.29, 1.82) is 0 Å². The standard InChI is InChI=1S/C24H24FN3O4S/c1-14(32-17-6-8-20(26-13-17)23(30)15-3-4-15)22-12-21(27-33-22)16-5-7-18(19(25)11-16)24(31)28(2)9-10-29/h5-8,11-15,29H,3-4,9-10H2,1-2H3/t14-/m1/s1. The molecule has 4 rings (SSSR count). The highest BCUT2D eigenvalue weighted by atomic mass is 32.1. The Kier molecular flexibility index (Phi) is 6.80. The van der Waals surface area contributed by atoms with Gasteiger partial charge in [0.05, 0.1) is 28.9 Å². The van der Waals surface area contributed by atoms with Crippen molar-refractivity contribution in [3.8, 4) is 17.0 Å². The number of aliphatic hydroxyl groups excluding tert-OH is 1. The molecule has 1 atom stereocenters. The highest BCUT2D eigenvalue weighted by Crippen LogP contribution is 2.33. The molecule has 0 unspecified atom stereocenters. The predicted molar refractivity (Wildman–Crippen MR) is 122 cm³/mol. The van der Waals surface area contributed by atoms with Gasteiger partial charge in [0.2, 0.25) is 0 Å². The summed E-state index contributed by atoms with van der Waals surface area (Å²) in [5.41, 5.74) is 1.53. The maximum Gasteiger partial charge on any atom is 0.256 e. The van der Waals surface area contributed by atoms with E-state index in [1.165, 1.54) is 35.6 Å². The maximum absolute atomic E-state index is 14.6. The van der Waals surface area contributed by atoms with Crippen LogP contribution in [0.3, 0.4) is 0 Å². The average Bonchev–Trinajstić information content (AvgIpc) is 3.54. The number of carbonyl (C=O) groups excluding carboxylic acids is 2. The van der Waals surface area contributed by atoms with E-state index in [-0.39, 0.29) is 36.5 Å². The number of amides is 1. The SMILES string of the molecule is C[C@@H](Oc1ccc(C(=O)C2CC2)nc1)c1cc(-c2ccc(C(=O)N(C)CCO)c(F)c2)ns1. The number of pyridine rings is 1. The van der Waals surface area contributed by atoms with Crippen molar-refractivity contribution >= 4 is 23.2 Å². The number of benzene rings is 1. The zero-order valence-electron chi connectivity index (χ0n) is 18.3. The second kappa shape index (κ2) is 9.76. The van der Waals surface area contributed by atoms with E-state index in [1.807, 2.05) is 13.0 Å². The van der Waals surface area contributed by atoms with Gasteiger partial charge in [0.1, 0.15) is 23.4 Å². The van der Waals surface area contributed by atoms with Crippen molar-refractivity contribution in [2.75, 3.05) is 20.2 Å². The van der Waals surface area contributed by atoms with Crippen LogP contribution in [0.25, 0.3) is 11.3 Å². The Balaban J connectivity index is 1.43. The van der Waals surface area contributed by atoms with Gasteiger partial charge < -0.3 is 14.7 Å². The van der Waals surface area contributed by atoms with Crippen LogP contribution in [0.15, 0.2) is 42.6 Å². The average molecular weight is 470 g/mol. The molecule has 1 N–H and O–H groups in total. The van der Waals surface area contributed by atoms with Crippen LogP contribution in [-0.2, 0) is 0 Å². The third-order valence-corrected chi connectivity index (χ3v) is 6.40. The number of hydrogen-bond acceptors (Lipinski definition) is 7. The first kappa shape index (κ1) is 23.0. The zero-order valence-corrected chi connectivity index (χ0v) is 19.1. The van der Waals surface area contributed by atoms with Gasteiger partial charge in [-0.15, -0.1) is 0 Å². The fourth-order valence-electron chi connectivity index (χ4n) is 3.33. The highest BCUT2D eigenvalue weighted by Gasteiger charge is 2.31. The van der Waals surface area contributed by atoms with Gasteiger partial charge in [-0.05, 0) is 61.6 Å². The van der Waals surface area contributed by atoms with Gasteiger partial charge in [0, 0.05) is 25.1 Å². The highest BCUT2D eigenvalue weighted by molar-refractivity contribution is 7.06. The summed E-state index contributed by atoms with van der Waals surface area (Å²) in [4.78, 5) is 30.7. The summed E-state index contributed by atoms with van der Waals surface area (Å²) in [5.74, 6) is -0.384. The molecule has 1 saturated carbocycles. The lowest BCUT2D eigenvalue weighted by Gasteiger charge is -2.16. The van der Waals surface area contributed by atoms with Gasteiger partial charge in [-0.25, -0.2) is 9.37 Å². The molecule has 1 amide bonds. The van der Waals surface area contributed by atoms with Crippen LogP contribution in [0.2, 0.25) is 0 Å². The van der Waals surface area contributed by atoms with Gasteiger partial charge in [-0.3, -0.25) is 9.59 Å². The Hall–Kier alpha value is -3.17. The summed E-state index contributed by atoms with van der Waals surface area (Å²) in [6.45, 7) is 1.81. The molecule has 0 bridgehead atoms. The lowest BCUT2D eigenvalue weighted by atomic mass is 10.1. The Morgan fingerprint density at radius 3 is 2.70 bits per heavy atom. The summed E-state index contributed by atoms with van der Waals surface area (Å²) in [6.07, 6.45) is 3.11. The van der Waals surface area contributed by atoms with E-state index in [9.17, 15) is 14.0 Å². The van der Waals surface area contributed by atoms with Crippen molar-refractivity contribution in [3.63, 3.8) is 0 Å². The van der Waals surface area contributed by atoms with E-state index in [0.717, 1.165) is 17.7 Å². The molecule has 2 heterocycles. The minimum absolute atomic E-state index is 0.0574. The second-order valence-electron chi connectivity index (χ2n) is 8.04. The number of rotatable bonds is 9. The molecule has 1 aliphatic rings. The second-order valence-corrected chi connectivity index (χ2v) is 8.87. The molecule has 0 saturated heterocycles. The summed E-state index contributed by atoms with van der Waals surface area (Å²) >= 11 is 1.24. The number of ether oxygens (including phenoxy) is 1. The quantitative estimate of drug-likeness (QED) is 0.474. The van der Waals surface area contributed by atoms with Crippen molar-refractivity contribution < 1.29 is 23.8 Å². The molecule has 172 valence electrons. The number of ketones is 1. The molecule has 1 fully saturated rings. The minimum atomic E-state index is -0.645. The number of aromatic nitrogens is 2. The van der Waals surface area contributed by atoms with Crippen molar-refractivity contribution in [2.45, 2.75) is 25.9 Å². The largest absolute Gasteiger partial charge is 0.484 e. The Labute approximate surface area is 195 Å². The van der Waals surface area contributed by atoms with Crippen LogP contribution in [0, 0.1) is 11.7 Å². The fourth-order valence-corrected chi connectivity index (χ4v) is 4.06. The maximum atomic E-state index is 14.6. The minimum Gasteiger partial charge on any atom is -0.484 e. The normalized spacial score (nSPS) is 14.1. The van der Waals surface area contributed by atoms with E-state index in [2.05, 4.69) is 9.36 Å². The molecular formula is C24H24FN3O4S. The van der Waals surface area contributed by atoms with Gasteiger partial charge >= 0.3 is 0 Å². The summed E-state index contributed by atoms with van der Waals surface area (Å²) in [6, 6.07) is 9.60. The van der Waals surface area contributed by atoms with E-state index < -0.39 is 11.7 Å². The zero-order chi connectivity index (χ0) is 23.5. The van der Waals surface area contributed by atoms with Crippen LogP contribution in [-0.4, -0.2) is 51.3 Å². The van der Waals surface area contributed by atoms with Crippen molar-refractivity contribution in [1.82, 2.24) is 14.3 Å². The number of halogens is 1. The molecule has 0 aliphatic heterocycles. The molecule has 2 aromatic heterocycles. The third kappa shape index (κ3) is 5.26. The monoisotopic (exact) mass is 469 g/mol. The summed E-state index contributed by atoms with van der Waals surface area (Å²) in [5, 5.41) is 8.97. The molecular weight excluding hydrogens is 445 g/mol. The Bertz CT molecular complexity index is 1160. The van der Waals surface area contributed by atoms with E-state index >= 15 is 0 Å². The van der Waals surface area contributed by atoms with Gasteiger partial charge in [0.15, 0.2) is 5.78 Å². The lowest BCUT2D eigenvalue weighted by molar-refractivity contribution is 0.0762. The molecule has 3 aromatic rings. The molecule has 1 aromatic carbocycles. The van der Waals surface area contributed by atoms with E-state index in [1.54, 1.807) is 24.4 Å². The predicted octanol–water partition coefficient (Wildman–Crippen LogP) is 4.14. The summed E-state index contributed by atoms with van der Waals surface area (Å²) in [7, 11) is 1.51. The molecule has 33 heavy (non-hydrogen) atoms. The molecule has 1 aliphatic carbocycles. The first-order valence-corrected chi connectivity index (χ1v) is 11.4. The fraction of sp³-hybridized carbons (Fsp3) is 0.333. The number of nitrogens with zero attached hydrogens (tertiary/aromatic N) is 3. The van der Waals surface area contributed by atoms with Crippen molar-refractivity contribution in [2.24, 2.45) is 5.92 Å². The molecule has 0 spiro atoms. The third-order valence-electron chi connectivity index (χ3n) is 5.46. The van der Waals surface area contributed by atoms with Crippen LogP contribution in [0.5, 0.6) is 5.75 Å². The smallest absolute Gasteiger partial charge is 0.256 e. The van der Waals surface area contributed by atoms with Crippen LogP contribution in [0.4, 0.5) is 4.39 Å². The molecule has 0 radical (unpaired) electrons. The van der Waals surface area contributed by atoms with Crippen molar-refractivity contribution in [3.05, 3.63) is 64.5 Å². The lowest BCUT2D eigenvalue weighted by Crippen LogP contribution is -2.30. The number of aliphatic hydroxyl groups is 1. The van der Waals surface area contributed by atoms with Crippen LogP contribution in [0.1, 0.15) is 51.6 Å². The topological polar surface area (TPSA) is 92.6 Å². The molecule has 9 heteroatoms. The number of carbonyl (C=O) groups is 2. The summed E-state index contributed by atoms with van der Waals surface area (Å²) < 4.78 is 24.9. The number of likely N-dealkylation sites (N-methyl/N-ethyl adjacent to an activating group) is 1. The first-order chi connectivity index (χ1) is 15.9. The number of hydrogen-bond donors (Lipinski definition) is 1.